The molecule has 0 saturated carbocycles. The van der Waals surface area contributed by atoms with E-state index >= 15 is 0 Å². The van der Waals surface area contributed by atoms with Gasteiger partial charge < -0.3 is 4.90 Å². The number of hydrogen-bond donors (Lipinski definition) is 0. The molecule has 2 aliphatic heterocycles. The summed E-state index contributed by atoms with van der Waals surface area (Å²) in [6.07, 6.45) is 0. The van der Waals surface area contributed by atoms with Crippen molar-refractivity contribution in [2.24, 2.45) is 0 Å². The van der Waals surface area contributed by atoms with Gasteiger partial charge >= 0.3 is 0 Å². The van der Waals surface area contributed by atoms with Gasteiger partial charge in [0.05, 0.1) is 5.57 Å². The van der Waals surface area contributed by atoms with E-state index < -0.39 is 0 Å². The number of carbonyl (C=O) groups excluding carboxylic acids is 2. The van der Waals surface area contributed by atoms with E-state index in [0.717, 1.165) is 43.9 Å². The summed E-state index contributed by atoms with van der Waals surface area (Å²) in [6.45, 7) is 12.0. The van der Waals surface area contributed by atoms with E-state index in [9.17, 15) is 9.59 Å². The van der Waals surface area contributed by atoms with Crippen LogP contribution in [0.1, 0.15) is 36.1 Å². The maximum atomic E-state index is 13.4. The number of piperazine rings is 1. The van der Waals surface area contributed by atoms with Crippen LogP contribution in [0.15, 0.2) is 54.2 Å². The first-order valence-corrected chi connectivity index (χ1v) is 11.1. The van der Waals surface area contributed by atoms with Crippen molar-refractivity contribution < 1.29 is 9.59 Å². The van der Waals surface area contributed by atoms with Gasteiger partial charge in [-0.3, -0.25) is 19.4 Å². The van der Waals surface area contributed by atoms with Crippen molar-refractivity contribution in [3.63, 3.8) is 0 Å². The molecule has 0 N–H and O–H groups in total. The van der Waals surface area contributed by atoms with Crippen molar-refractivity contribution in [1.82, 2.24) is 14.7 Å². The number of benzene rings is 2. The van der Waals surface area contributed by atoms with E-state index in [1.54, 1.807) is 0 Å². The molecule has 2 aromatic rings. The molecule has 1 fully saturated rings. The Hall–Kier alpha value is -2.92. The Bertz CT molecular complexity index is 1020. The lowest BCUT2D eigenvalue weighted by Gasteiger charge is -2.36. The Morgan fingerprint density at radius 1 is 0.839 bits per heavy atom. The van der Waals surface area contributed by atoms with Gasteiger partial charge in [-0.15, -0.1) is 0 Å². The van der Waals surface area contributed by atoms with Gasteiger partial charge in [0.1, 0.15) is 5.70 Å². The highest BCUT2D eigenvalue weighted by Crippen LogP contribution is 2.34. The minimum atomic E-state index is -0.176. The van der Waals surface area contributed by atoms with E-state index in [1.165, 1.54) is 16.0 Å². The summed E-state index contributed by atoms with van der Waals surface area (Å²) >= 11 is 0. The zero-order valence-corrected chi connectivity index (χ0v) is 18.9. The number of rotatable bonds is 5. The number of hydrogen-bond acceptors (Lipinski definition) is 4. The summed E-state index contributed by atoms with van der Waals surface area (Å²) in [6, 6.07) is 16.3. The molecule has 5 nitrogen and oxygen atoms in total. The van der Waals surface area contributed by atoms with Crippen LogP contribution in [0.25, 0.3) is 5.57 Å². The summed E-state index contributed by atoms with van der Waals surface area (Å²) in [5.74, 6) is -0.338. The summed E-state index contributed by atoms with van der Waals surface area (Å²) in [4.78, 5) is 32.6. The van der Waals surface area contributed by atoms with Crippen molar-refractivity contribution in [1.29, 1.82) is 0 Å². The molecule has 0 spiro atoms. The third kappa shape index (κ3) is 4.15. The minimum Gasteiger partial charge on any atom is -0.364 e. The molecule has 0 radical (unpaired) electrons. The molecule has 2 heterocycles. The van der Waals surface area contributed by atoms with Gasteiger partial charge in [0, 0.05) is 38.8 Å². The van der Waals surface area contributed by atoms with Gasteiger partial charge in [0.25, 0.3) is 11.8 Å². The zero-order valence-electron chi connectivity index (χ0n) is 18.9. The predicted octanol–water partition coefficient (Wildman–Crippen LogP) is 3.61. The summed E-state index contributed by atoms with van der Waals surface area (Å²) in [5, 5.41) is 0. The average molecular weight is 418 g/mol. The van der Waals surface area contributed by atoms with E-state index in [1.807, 2.05) is 45.0 Å². The Kier molecular flexibility index (Phi) is 5.96. The molecular weight excluding hydrogens is 386 g/mol. The van der Waals surface area contributed by atoms with E-state index in [2.05, 4.69) is 41.0 Å². The zero-order chi connectivity index (χ0) is 22.1. The topological polar surface area (TPSA) is 43.9 Å². The van der Waals surface area contributed by atoms with Crippen LogP contribution >= 0.6 is 0 Å². The molecule has 1 saturated heterocycles. The fourth-order valence-electron chi connectivity index (χ4n) is 4.43. The Labute approximate surface area is 184 Å². The largest absolute Gasteiger partial charge is 0.364 e. The molecule has 2 aromatic carbocycles. The average Bonchev–Trinajstić information content (AvgIpc) is 3.01. The second-order valence-electron chi connectivity index (χ2n) is 8.85. The SMILES string of the molecule is Cc1ccc(C2=C(N3CCN(Cc4ccccc4)CC3)C(=O)N(C(C)C)C2=O)cc1C. The van der Waals surface area contributed by atoms with Gasteiger partial charge in [0.2, 0.25) is 0 Å². The van der Waals surface area contributed by atoms with Crippen LogP contribution in [-0.2, 0) is 16.1 Å². The molecule has 5 heteroatoms. The molecule has 31 heavy (non-hydrogen) atoms. The Morgan fingerprint density at radius 3 is 2.13 bits per heavy atom. The normalized spacial score (nSPS) is 18.0. The molecule has 4 rings (SSSR count). The van der Waals surface area contributed by atoms with Crippen LogP contribution in [0.3, 0.4) is 0 Å². The standard InChI is InChI=1S/C26H31N3O2/c1-18(2)29-25(30)23(22-11-10-19(3)20(4)16-22)24(26(29)31)28-14-12-27(13-15-28)17-21-8-6-5-7-9-21/h5-11,16,18H,12-15,17H2,1-4H3. The minimum absolute atomic E-state index is 0.162. The van der Waals surface area contributed by atoms with Crippen LogP contribution in [0.4, 0.5) is 0 Å². The summed E-state index contributed by atoms with van der Waals surface area (Å²) in [5.41, 5.74) is 5.56. The van der Waals surface area contributed by atoms with Gasteiger partial charge in [-0.05, 0) is 49.9 Å². The highest BCUT2D eigenvalue weighted by molar-refractivity contribution is 6.35. The lowest BCUT2D eigenvalue weighted by Crippen LogP contribution is -2.47. The summed E-state index contributed by atoms with van der Waals surface area (Å²) < 4.78 is 0. The smallest absolute Gasteiger partial charge is 0.278 e. The van der Waals surface area contributed by atoms with Crippen LogP contribution < -0.4 is 0 Å². The first-order chi connectivity index (χ1) is 14.9. The third-order valence-electron chi connectivity index (χ3n) is 6.34. The van der Waals surface area contributed by atoms with Gasteiger partial charge in [-0.1, -0.05) is 48.5 Å². The van der Waals surface area contributed by atoms with Crippen molar-refractivity contribution in [2.75, 3.05) is 26.2 Å². The molecule has 0 unspecified atom stereocenters. The van der Waals surface area contributed by atoms with Crippen LogP contribution in [0, 0.1) is 13.8 Å². The van der Waals surface area contributed by atoms with Crippen molar-refractivity contribution in [3.05, 3.63) is 76.5 Å². The first-order valence-electron chi connectivity index (χ1n) is 11.1. The molecule has 0 atom stereocenters. The number of imide groups is 1. The fraction of sp³-hybridized carbons (Fsp3) is 0.385. The van der Waals surface area contributed by atoms with Crippen LogP contribution in [-0.4, -0.2) is 58.7 Å². The lowest BCUT2D eigenvalue weighted by molar-refractivity contribution is -0.139. The number of aryl methyl sites for hydroxylation is 2. The van der Waals surface area contributed by atoms with E-state index in [0.29, 0.717) is 11.3 Å². The number of nitrogens with zero attached hydrogens (tertiary/aromatic N) is 3. The fourth-order valence-corrected chi connectivity index (χ4v) is 4.43. The van der Waals surface area contributed by atoms with Crippen LogP contribution in [0.2, 0.25) is 0 Å². The second-order valence-corrected chi connectivity index (χ2v) is 8.85. The van der Waals surface area contributed by atoms with Gasteiger partial charge in [0.15, 0.2) is 0 Å². The molecule has 0 aromatic heterocycles. The molecule has 162 valence electrons. The molecule has 2 aliphatic rings. The van der Waals surface area contributed by atoms with Gasteiger partial charge in [-0.25, -0.2) is 0 Å². The highest BCUT2D eigenvalue weighted by Gasteiger charge is 2.43. The maximum absolute atomic E-state index is 13.4. The van der Waals surface area contributed by atoms with E-state index in [4.69, 9.17) is 0 Å². The number of amides is 2. The van der Waals surface area contributed by atoms with E-state index in [-0.39, 0.29) is 17.9 Å². The highest BCUT2D eigenvalue weighted by atomic mass is 16.2. The maximum Gasteiger partial charge on any atom is 0.278 e. The van der Waals surface area contributed by atoms with Gasteiger partial charge in [-0.2, -0.15) is 0 Å². The molecule has 0 aliphatic carbocycles. The second kappa shape index (κ2) is 8.67. The first kappa shape index (κ1) is 21.3. The quantitative estimate of drug-likeness (QED) is 0.697. The van der Waals surface area contributed by atoms with Crippen molar-refractivity contribution in [2.45, 2.75) is 40.3 Å². The van der Waals surface area contributed by atoms with Crippen molar-refractivity contribution >= 4 is 17.4 Å². The third-order valence-corrected chi connectivity index (χ3v) is 6.34. The monoisotopic (exact) mass is 417 g/mol. The molecule has 0 bridgehead atoms. The van der Waals surface area contributed by atoms with Crippen molar-refractivity contribution in [3.8, 4) is 0 Å². The lowest BCUT2D eigenvalue weighted by atomic mass is 9.99. The Morgan fingerprint density at radius 2 is 1.52 bits per heavy atom. The molecule has 2 amide bonds. The number of carbonyl (C=O) groups is 2. The Balaban J connectivity index is 1.61. The molecular formula is C26H31N3O2. The predicted molar refractivity (Wildman–Crippen MR) is 123 cm³/mol. The summed E-state index contributed by atoms with van der Waals surface area (Å²) in [7, 11) is 0. The van der Waals surface area contributed by atoms with Crippen LogP contribution in [0.5, 0.6) is 0 Å².